The van der Waals surface area contributed by atoms with E-state index in [2.05, 4.69) is 15.3 Å². The number of hydrogen-bond acceptors (Lipinski definition) is 6. The molecule has 1 amide bonds. The number of aryl methyl sites for hydroxylation is 2. The Balaban J connectivity index is 1.61. The van der Waals surface area contributed by atoms with Gasteiger partial charge >= 0.3 is 0 Å². The average Bonchev–Trinajstić information content (AvgIpc) is 3.36. The highest BCUT2D eigenvalue weighted by molar-refractivity contribution is 5.96. The summed E-state index contributed by atoms with van der Waals surface area (Å²) in [6.45, 7) is 5.22. The van der Waals surface area contributed by atoms with Crippen molar-refractivity contribution in [1.29, 1.82) is 0 Å². The van der Waals surface area contributed by atoms with Crippen molar-refractivity contribution in [2.24, 2.45) is 7.05 Å². The van der Waals surface area contributed by atoms with E-state index in [0.29, 0.717) is 23.9 Å². The fourth-order valence-electron chi connectivity index (χ4n) is 3.94. The minimum atomic E-state index is -0.182. The lowest BCUT2D eigenvalue weighted by atomic mass is 10.00. The van der Waals surface area contributed by atoms with Gasteiger partial charge in [-0.05, 0) is 46.0 Å². The largest absolute Gasteiger partial charge is 0.420 e. The molecule has 0 spiro atoms. The molecule has 0 aliphatic carbocycles. The Kier molecular flexibility index (Phi) is 4.52. The first-order valence-electron chi connectivity index (χ1n) is 9.32. The molecule has 0 aromatic carbocycles. The molecule has 26 heavy (non-hydrogen) atoms. The van der Waals surface area contributed by atoms with Gasteiger partial charge in [0, 0.05) is 25.9 Å². The number of nitrogens with zero attached hydrogens (tertiary/aromatic N) is 5. The Bertz CT molecular complexity index is 806. The van der Waals surface area contributed by atoms with Gasteiger partial charge in [-0.1, -0.05) is 0 Å². The van der Waals surface area contributed by atoms with Gasteiger partial charge in [0.05, 0.1) is 11.3 Å². The molecule has 2 fully saturated rings. The van der Waals surface area contributed by atoms with Gasteiger partial charge in [-0.3, -0.25) is 9.48 Å². The molecule has 0 bridgehead atoms. The van der Waals surface area contributed by atoms with E-state index in [4.69, 9.17) is 9.15 Å². The fraction of sp³-hybridized carbons (Fsp3) is 0.667. The van der Waals surface area contributed by atoms with Gasteiger partial charge < -0.3 is 14.1 Å². The highest BCUT2D eigenvalue weighted by Crippen LogP contribution is 2.34. The zero-order valence-electron chi connectivity index (χ0n) is 15.6. The van der Waals surface area contributed by atoms with Crippen LogP contribution in [-0.2, 0) is 11.8 Å². The Morgan fingerprint density at radius 1 is 1.12 bits per heavy atom. The lowest BCUT2D eigenvalue weighted by Gasteiger charge is -2.33. The first-order valence-corrected chi connectivity index (χ1v) is 9.32. The fourth-order valence-corrected chi connectivity index (χ4v) is 3.94. The third-order valence-electron chi connectivity index (χ3n) is 5.43. The van der Waals surface area contributed by atoms with Crippen molar-refractivity contribution >= 4 is 5.91 Å². The van der Waals surface area contributed by atoms with Crippen LogP contribution in [0.5, 0.6) is 0 Å². The van der Waals surface area contributed by atoms with Crippen molar-refractivity contribution < 1.29 is 13.9 Å². The van der Waals surface area contributed by atoms with E-state index in [9.17, 15) is 4.79 Å². The van der Waals surface area contributed by atoms with Crippen LogP contribution < -0.4 is 0 Å². The van der Waals surface area contributed by atoms with Crippen LogP contribution in [-0.4, -0.2) is 43.9 Å². The van der Waals surface area contributed by atoms with Crippen LogP contribution in [0, 0.1) is 13.8 Å². The lowest BCUT2D eigenvalue weighted by Crippen LogP contribution is -2.39. The molecule has 0 saturated carbocycles. The van der Waals surface area contributed by atoms with Crippen molar-refractivity contribution in [3.8, 4) is 0 Å². The number of likely N-dealkylation sites (tertiary alicyclic amines) is 1. The minimum Gasteiger partial charge on any atom is -0.420 e. The first-order chi connectivity index (χ1) is 12.6. The van der Waals surface area contributed by atoms with Gasteiger partial charge in [-0.25, -0.2) is 0 Å². The minimum absolute atomic E-state index is 0.00494. The summed E-state index contributed by atoms with van der Waals surface area (Å²) >= 11 is 0. The predicted molar refractivity (Wildman–Crippen MR) is 92.5 cm³/mol. The van der Waals surface area contributed by atoms with Crippen LogP contribution in [0.1, 0.15) is 77.8 Å². The van der Waals surface area contributed by atoms with E-state index in [0.717, 1.165) is 50.1 Å². The quantitative estimate of drug-likeness (QED) is 0.837. The summed E-state index contributed by atoms with van der Waals surface area (Å²) in [6, 6.07) is -0.182. The van der Waals surface area contributed by atoms with E-state index in [1.54, 1.807) is 4.68 Å². The highest BCUT2D eigenvalue weighted by atomic mass is 16.5. The summed E-state index contributed by atoms with van der Waals surface area (Å²) in [5, 5.41) is 12.8. The summed E-state index contributed by atoms with van der Waals surface area (Å²) in [7, 11) is 1.86. The SMILES string of the molecule is Cc1nn(C)c(C)c1C(=O)N1CCCCC1c1nnc([C@H]2CCCO2)o1. The van der Waals surface area contributed by atoms with Crippen LogP contribution in [0.4, 0.5) is 0 Å². The van der Waals surface area contributed by atoms with Crippen LogP contribution in [0.25, 0.3) is 0 Å². The molecule has 0 radical (unpaired) electrons. The summed E-state index contributed by atoms with van der Waals surface area (Å²) in [6.07, 6.45) is 4.66. The molecule has 2 aliphatic rings. The molecule has 140 valence electrons. The molecule has 4 heterocycles. The maximum Gasteiger partial charge on any atom is 0.258 e. The van der Waals surface area contributed by atoms with Crippen LogP contribution in [0.3, 0.4) is 0 Å². The number of aromatic nitrogens is 4. The Morgan fingerprint density at radius 3 is 2.62 bits per heavy atom. The van der Waals surface area contributed by atoms with Crippen LogP contribution in [0.15, 0.2) is 4.42 Å². The van der Waals surface area contributed by atoms with Crippen LogP contribution in [0.2, 0.25) is 0 Å². The molecule has 0 N–H and O–H groups in total. The number of amides is 1. The van der Waals surface area contributed by atoms with Gasteiger partial charge in [0.2, 0.25) is 11.8 Å². The predicted octanol–water partition coefficient (Wildman–Crippen LogP) is 2.64. The lowest BCUT2D eigenvalue weighted by molar-refractivity contribution is 0.0548. The number of piperidine rings is 1. The van der Waals surface area contributed by atoms with Gasteiger partial charge in [0.25, 0.3) is 5.91 Å². The molecule has 1 unspecified atom stereocenters. The second-order valence-corrected chi connectivity index (χ2v) is 7.16. The van der Waals surface area contributed by atoms with Crippen LogP contribution >= 0.6 is 0 Å². The molecule has 2 aromatic rings. The first kappa shape index (κ1) is 17.2. The smallest absolute Gasteiger partial charge is 0.258 e. The molecule has 8 heteroatoms. The molecule has 4 rings (SSSR count). The Morgan fingerprint density at radius 2 is 1.92 bits per heavy atom. The van der Waals surface area contributed by atoms with Crippen molar-refractivity contribution in [3.63, 3.8) is 0 Å². The standard InChI is InChI=1S/C18H25N5O3/c1-11-15(12(2)22(3)21-11)18(24)23-9-5-4-7-13(23)16-19-20-17(26-16)14-8-6-10-25-14/h13-14H,4-10H2,1-3H3/t13?,14-/m1/s1. The third-order valence-corrected chi connectivity index (χ3v) is 5.43. The third kappa shape index (κ3) is 2.92. The average molecular weight is 359 g/mol. The number of ether oxygens (including phenoxy) is 1. The van der Waals surface area contributed by atoms with Gasteiger partial charge in [0.15, 0.2) is 0 Å². The summed E-state index contributed by atoms with van der Waals surface area (Å²) < 4.78 is 13.3. The molecule has 2 aromatic heterocycles. The summed E-state index contributed by atoms with van der Waals surface area (Å²) in [5.74, 6) is 1.04. The monoisotopic (exact) mass is 359 g/mol. The zero-order chi connectivity index (χ0) is 18.3. The summed E-state index contributed by atoms with van der Waals surface area (Å²) in [4.78, 5) is 15.1. The van der Waals surface area contributed by atoms with Crippen molar-refractivity contribution in [3.05, 3.63) is 28.7 Å². The molecule has 8 nitrogen and oxygen atoms in total. The van der Waals surface area contributed by atoms with Crippen molar-refractivity contribution in [2.45, 2.75) is 58.1 Å². The second kappa shape index (κ2) is 6.83. The molecular weight excluding hydrogens is 334 g/mol. The van der Waals surface area contributed by atoms with E-state index in [1.165, 1.54) is 0 Å². The number of carbonyl (C=O) groups is 1. The van der Waals surface area contributed by atoms with E-state index >= 15 is 0 Å². The topological polar surface area (TPSA) is 86.3 Å². The summed E-state index contributed by atoms with van der Waals surface area (Å²) in [5.41, 5.74) is 2.31. The molecule has 2 atom stereocenters. The number of hydrogen-bond donors (Lipinski definition) is 0. The highest BCUT2D eigenvalue weighted by Gasteiger charge is 2.35. The van der Waals surface area contributed by atoms with Crippen molar-refractivity contribution in [2.75, 3.05) is 13.2 Å². The van der Waals surface area contributed by atoms with Gasteiger partial charge in [-0.2, -0.15) is 5.10 Å². The second-order valence-electron chi connectivity index (χ2n) is 7.16. The van der Waals surface area contributed by atoms with E-state index in [1.807, 2.05) is 25.8 Å². The van der Waals surface area contributed by atoms with Gasteiger partial charge in [-0.15, -0.1) is 10.2 Å². The van der Waals surface area contributed by atoms with Gasteiger partial charge in [0.1, 0.15) is 12.1 Å². The molecular formula is C18H25N5O3. The maximum absolute atomic E-state index is 13.3. The van der Waals surface area contributed by atoms with E-state index < -0.39 is 0 Å². The number of carbonyl (C=O) groups excluding carboxylic acids is 1. The number of rotatable bonds is 3. The Labute approximate surface area is 152 Å². The molecule has 2 saturated heterocycles. The Hall–Kier alpha value is -2.22. The van der Waals surface area contributed by atoms with E-state index in [-0.39, 0.29) is 18.1 Å². The van der Waals surface area contributed by atoms with Crippen molar-refractivity contribution in [1.82, 2.24) is 24.9 Å². The molecule has 2 aliphatic heterocycles. The maximum atomic E-state index is 13.3. The zero-order valence-corrected chi connectivity index (χ0v) is 15.6. The normalized spacial score (nSPS) is 23.6.